The summed E-state index contributed by atoms with van der Waals surface area (Å²) in [7, 11) is 2.44. The molecule has 0 fully saturated rings. The minimum atomic E-state index is -0.0180. The van der Waals surface area contributed by atoms with Gasteiger partial charge in [-0.2, -0.15) is 0 Å². The van der Waals surface area contributed by atoms with Gasteiger partial charge in [0, 0.05) is 0 Å². The van der Waals surface area contributed by atoms with Gasteiger partial charge in [0.2, 0.25) is 0 Å². The van der Waals surface area contributed by atoms with Crippen LogP contribution in [0.15, 0.2) is 54.1 Å². The van der Waals surface area contributed by atoms with E-state index in [-0.39, 0.29) is 5.31 Å². The summed E-state index contributed by atoms with van der Waals surface area (Å²) < 4.78 is 0. The van der Waals surface area contributed by atoms with Crippen LogP contribution in [0.3, 0.4) is 0 Å². The van der Waals surface area contributed by atoms with Crippen LogP contribution >= 0.6 is 0 Å². The van der Waals surface area contributed by atoms with Crippen molar-refractivity contribution in [3.63, 3.8) is 0 Å². The molecule has 0 aliphatic carbocycles. The smallest absolute Gasteiger partial charge is 0.0845 e. The van der Waals surface area contributed by atoms with Crippen molar-refractivity contribution in [3.8, 4) is 0 Å². The molecular weight excluding hydrogens is 227 g/mol. The molecule has 0 saturated carbocycles. The molecule has 1 radical (unpaired) electrons. The Morgan fingerprint density at radius 1 is 1.26 bits per heavy atom. The summed E-state index contributed by atoms with van der Waals surface area (Å²) in [6, 6.07) is 10.8. The molecule has 1 rings (SSSR count). The predicted octanol–water partition coefficient (Wildman–Crippen LogP) is 5.35. The number of hydrogen-bond donors (Lipinski definition) is 0. The van der Waals surface area contributed by atoms with Gasteiger partial charge in [-0.3, -0.25) is 0 Å². The summed E-state index contributed by atoms with van der Waals surface area (Å²) in [6.45, 7) is 11.1. The highest BCUT2D eigenvalue weighted by molar-refractivity contribution is 6.43. The highest BCUT2D eigenvalue weighted by Gasteiger charge is 2.30. The molecule has 0 aromatic heterocycles. The van der Waals surface area contributed by atoms with Gasteiger partial charge in [0.1, 0.15) is 7.28 Å². The van der Waals surface area contributed by atoms with Gasteiger partial charge in [-0.1, -0.05) is 87.6 Å². The van der Waals surface area contributed by atoms with Crippen molar-refractivity contribution >= 4 is 7.28 Å². The van der Waals surface area contributed by atoms with E-state index in [1.54, 1.807) is 0 Å². The first kappa shape index (κ1) is 15.8. The van der Waals surface area contributed by atoms with Gasteiger partial charge in [-0.15, -0.1) is 0 Å². The van der Waals surface area contributed by atoms with E-state index >= 15 is 0 Å². The number of allylic oxidation sites excluding steroid dienone is 4. The SMILES string of the molecule is C/C=C(\C=C/CC)C(C)([B]C(C)C)c1ccccc1. The van der Waals surface area contributed by atoms with Crippen LogP contribution in [0.5, 0.6) is 0 Å². The van der Waals surface area contributed by atoms with E-state index in [4.69, 9.17) is 0 Å². The lowest BCUT2D eigenvalue weighted by molar-refractivity contribution is 0.779. The molecule has 0 spiro atoms. The van der Waals surface area contributed by atoms with Gasteiger partial charge in [-0.05, 0) is 24.2 Å². The first-order valence-corrected chi connectivity index (χ1v) is 7.29. The van der Waals surface area contributed by atoms with E-state index in [1.165, 1.54) is 11.1 Å². The van der Waals surface area contributed by atoms with E-state index in [9.17, 15) is 0 Å². The molecule has 1 aromatic rings. The fourth-order valence-corrected chi connectivity index (χ4v) is 2.62. The maximum atomic E-state index is 2.44. The highest BCUT2D eigenvalue weighted by Crippen LogP contribution is 2.34. The van der Waals surface area contributed by atoms with Crippen molar-refractivity contribution in [3.05, 3.63) is 59.7 Å². The summed E-state index contributed by atoms with van der Waals surface area (Å²) in [6.07, 6.45) is 7.82. The minimum absolute atomic E-state index is 0.0180. The van der Waals surface area contributed by atoms with Gasteiger partial charge in [0.05, 0.1) is 0 Å². The van der Waals surface area contributed by atoms with Gasteiger partial charge in [0.15, 0.2) is 0 Å². The van der Waals surface area contributed by atoms with Crippen LogP contribution in [0, 0.1) is 0 Å². The van der Waals surface area contributed by atoms with E-state index in [2.05, 4.69) is 90.5 Å². The topological polar surface area (TPSA) is 0 Å². The van der Waals surface area contributed by atoms with Crippen LogP contribution in [0.4, 0.5) is 0 Å². The molecule has 0 nitrogen and oxygen atoms in total. The fraction of sp³-hybridized carbons (Fsp3) is 0.444. The molecule has 1 aromatic carbocycles. The van der Waals surface area contributed by atoms with Crippen molar-refractivity contribution in [1.82, 2.24) is 0 Å². The molecule has 19 heavy (non-hydrogen) atoms. The van der Waals surface area contributed by atoms with E-state index in [0.29, 0.717) is 5.82 Å². The lowest BCUT2D eigenvalue weighted by Gasteiger charge is -2.33. The zero-order valence-corrected chi connectivity index (χ0v) is 13.0. The molecule has 0 aliphatic rings. The van der Waals surface area contributed by atoms with E-state index in [1.807, 2.05) is 0 Å². The second-order valence-electron chi connectivity index (χ2n) is 5.53. The quantitative estimate of drug-likeness (QED) is 0.473. The lowest BCUT2D eigenvalue weighted by atomic mass is 9.42. The molecule has 0 N–H and O–H groups in total. The molecule has 0 aliphatic heterocycles. The largest absolute Gasteiger partial charge is 0.132 e. The van der Waals surface area contributed by atoms with Crippen molar-refractivity contribution < 1.29 is 0 Å². The molecule has 0 saturated heterocycles. The molecular formula is C18H26B. The molecule has 1 atom stereocenters. The summed E-state index contributed by atoms with van der Waals surface area (Å²) in [5, 5.41) is -0.0180. The number of hydrogen-bond acceptors (Lipinski definition) is 0. The van der Waals surface area contributed by atoms with Crippen molar-refractivity contribution in [1.29, 1.82) is 0 Å². The van der Waals surface area contributed by atoms with Gasteiger partial charge in [0.25, 0.3) is 0 Å². The molecule has 0 heterocycles. The Morgan fingerprint density at radius 2 is 1.89 bits per heavy atom. The zero-order chi connectivity index (χ0) is 14.3. The fourth-order valence-electron chi connectivity index (χ4n) is 2.62. The second kappa shape index (κ2) is 7.38. The van der Waals surface area contributed by atoms with Crippen LogP contribution in [0.1, 0.15) is 46.6 Å². The molecule has 1 heteroatoms. The second-order valence-corrected chi connectivity index (χ2v) is 5.53. The van der Waals surface area contributed by atoms with Crippen LogP contribution in [0.25, 0.3) is 0 Å². The Hall–Kier alpha value is -1.24. The number of benzene rings is 1. The summed E-state index contributed by atoms with van der Waals surface area (Å²) in [4.78, 5) is 0. The standard InChI is InChI=1S/C18H26B/c1-6-8-12-16(7-2)18(5,19-15(3)4)17-13-10-9-11-14-17/h7-15H,6H2,1-5H3/b12-8-,16-7+. The summed E-state index contributed by atoms with van der Waals surface area (Å²) in [5.41, 5.74) is 2.73. The van der Waals surface area contributed by atoms with Crippen molar-refractivity contribution in [2.75, 3.05) is 0 Å². The highest BCUT2D eigenvalue weighted by atomic mass is 14.2. The Balaban J connectivity index is 3.23. The van der Waals surface area contributed by atoms with Crippen molar-refractivity contribution in [2.24, 2.45) is 0 Å². The monoisotopic (exact) mass is 253 g/mol. The lowest BCUT2D eigenvalue weighted by Crippen LogP contribution is -2.33. The Bertz CT molecular complexity index is 428. The normalized spacial score (nSPS) is 15.8. The van der Waals surface area contributed by atoms with E-state index in [0.717, 1.165) is 6.42 Å². The molecule has 0 bridgehead atoms. The van der Waals surface area contributed by atoms with Crippen LogP contribution < -0.4 is 0 Å². The van der Waals surface area contributed by atoms with Crippen LogP contribution in [0.2, 0.25) is 5.82 Å². The predicted molar refractivity (Wildman–Crippen MR) is 87.8 cm³/mol. The average Bonchev–Trinajstić information content (AvgIpc) is 2.39. The molecule has 1 unspecified atom stereocenters. The third-order valence-electron chi connectivity index (χ3n) is 3.48. The van der Waals surface area contributed by atoms with Crippen LogP contribution in [-0.4, -0.2) is 7.28 Å². The maximum Gasteiger partial charge on any atom is 0.132 e. The Kier molecular flexibility index (Phi) is 6.14. The van der Waals surface area contributed by atoms with Gasteiger partial charge in [-0.25, -0.2) is 0 Å². The summed E-state index contributed by atoms with van der Waals surface area (Å²) >= 11 is 0. The maximum absolute atomic E-state index is 2.44. The Morgan fingerprint density at radius 3 is 2.37 bits per heavy atom. The molecule has 0 amide bonds. The Labute approximate surface area is 119 Å². The van der Waals surface area contributed by atoms with Gasteiger partial charge < -0.3 is 0 Å². The van der Waals surface area contributed by atoms with Gasteiger partial charge >= 0.3 is 0 Å². The first-order valence-electron chi connectivity index (χ1n) is 7.29. The first-order chi connectivity index (χ1) is 9.04. The third-order valence-corrected chi connectivity index (χ3v) is 3.48. The number of rotatable bonds is 6. The van der Waals surface area contributed by atoms with E-state index < -0.39 is 0 Å². The zero-order valence-electron chi connectivity index (χ0n) is 13.0. The molecule has 101 valence electrons. The summed E-state index contributed by atoms with van der Waals surface area (Å²) in [5.74, 6) is 0.551. The average molecular weight is 253 g/mol. The third kappa shape index (κ3) is 4.13. The minimum Gasteiger partial charge on any atom is -0.0845 e. The van der Waals surface area contributed by atoms with Crippen LogP contribution in [-0.2, 0) is 5.31 Å². The van der Waals surface area contributed by atoms with Crippen molar-refractivity contribution in [2.45, 2.75) is 52.2 Å².